The molecule has 0 aromatic heterocycles. The summed E-state index contributed by atoms with van der Waals surface area (Å²) in [6.45, 7) is 1.42. The number of nitrogens with zero attached hydrogens (tertiary/aromatic N) is 6. The molecule has 0 saturated heterocycles. The molecule has 0 heterocycles. The highest BCUT2D eigenvalue weighted by Gasteiger charge is 2.06. The molecule has 0 saturated carbocycles. The van der Waals surface area contributed by atoms with Crippen LogP contribution in [-0.4, -0.2) is 19.7 Å². The van der Waals surface area contributed by atoms with Gasteiger partial charge in [-0.2, -0.15) is 0 Å². The molecule has 0 aliphatic carbocycles. The van der Waals surface area contributed by atoms with Crippen molar-refractivity contribution in [1.82, 2.24) is 0 Å². The lowest BCUT2D eigenvalue weighted by atomic mass is 10.1. The molecule has 1 aromatic rings. The summed E-state index contributed by atoms with van der Waals surface area (Å²) in [5.74, 6) is -0.0829. The smallest absolute Gasteiger partial charge is 0.0717 e. The van der Waals surface area contributed by atoms with Gasteiger partial charge in [0.15, 0.2) is 0 Å². The maximum absolute atomic E-state index is 8.26. The van der Waals surface area contributed by atoms with Gasteiger partial charge in [-0.3, -0.25) is 0 Å². The van der Waals surface area contributed by atoms with E-state index in [9.17, 15) is 0 Å². The van der Waals surface area contributed by atoms with Gasteiger partial charge in [-0.15, -0.1) is 0 Å². The van der Waals surface area contributed by atoms with E-state index < -0.39 is 0 Å². The molecule has 0 aliphatic rings. The fraction of sp³-hybridized carbons (Fsp3) is 0.455. The SMILES string of the molecule is [N-]=[N+]=NCC(CN=[N+]=[N-])COCc1ccccc1. The molecule has 0 atom stereocenters. The van der Waals surface area contributed by atoms with Gasteiger partial charge in [-0.05, 0) is 22.5 Å². The number of hydrogen-bond donors (Lipinski definition) is 0. The van der Waals surface area contributed by atoms with Gasteiger partial charge in [0.1, 0.15) is 0 Å². The Balaban J connectivity index is 2.36. The summed E-state index contributed by atoms with van der Waals surface area (Å²) in [4.78, 5) is 5.37. The third-order valence-electron chi connectivity index (χ3n) is 2.27. The molecule has 0 fully saturated rings. The van der Waals surface area contributed by atoms with Gasteiger partial charge in [-0.1, -0.05) is 40.6 Å². The van der Waals surface area contributed by atoms with Crippen molar-refractivity contribution in [3.05, 3.63) is 56.8 Å². The van der Waals surface area contributed by atoms with E-state index in [-0.39, 0.29) is 19.0 Å². The molecule has 0 spiro atoms. The van der Waals surface area contributed by atoms with Crippen molar-refractivity contribution in [2.24, 2.45) is 16.1 Å². The Morgan fingerprint density at radius 3 is 2.22 bits per heavy atom. The zero-order valence-electron chi connectivity index (χ0n) is 9.88. The van der Waals surface area contributed by atoms with Gasteiger partial charge >= 0.3 is 0 Å². The Kier molecular flexibility index (Phi) is 6.85. The van der Waals surface area contributed by atoms with Crippen LogP contribution in [-0.2, 0) is 11.3 Å². The van der Waals surface area contributed by atoms with Gasteiger partial charge < -0.3 is 4.74 Å². The van der Waals surface area contributed by atoms with Crippen molar-refractivity contribution in [1.29, 1.82) is 0 Å². The Morgan fingerprint density at radius 2 is 1.67 bits per heavy atom. The first-order chi connectivity index (χ1) is 8.86. The first-order valence-electron chi connectivity index (χ1n) is 5.50. The van der Waals surface area contributed by atoms with Gasteiger partial charge in [0, 0.05) is 22.9 Å². The van der Waals surface area contributed by atoms with Crippen LogP contribution in [0.2, 0.25) is 0 Å². The van der Waals surface area contributed by atoms with Crippen LogP contribution in [0, 0.1) is 5.92 Å². The van der Waals surface area contributed by atoms with Crippen molar-refractivity contribution in [3.63, 3.8) is 0 Å². The molecule has 0 unspecified atom stereocenters. The van der Waals surface area contributed by atoms with E-state index in [0.717, 1.165) is 5.56 Å². The first-order valence-corrected chi connectivity index (χ1v) is 5.50. The summed E-state index contributed by atoms with van der Waals surface area (Å²) in [5, 5.41) is 6.94. The molecule has 94 valence electrons. The summed E-state index contributed by atoms with van der Waals surface area (Å²) in [7, 11) is 0. The molecule has 0 radical (unpaired) electrons. The van der Waals surface area contributed by atoms with Crippen LogP contribution in [0.3, 0.4) is 0 Å². The van der Waals surface area contributed by atoms with E-state index in [4.69, 9.17) is 15.8 Å². The van der Waals surface area contributed by atoms with Crippen molar-refractivity contribution in [3.8, 4) is 0 Å². The monoisotopic (exact) mass is 246 g/mol. The highest BCUT2D eigenvalue weighted by Crippen LogP contribution is 2.05. The number of hydrogen-bond acceptors (Lipinski definition) is 3. The van der Waals surface area contributed by atoms with Crippen LogP contribution in [0.15, 0.2) is 40.6 Å². The minimum Gasteiger partial charge on any atom is -0.376 e. The molecule has 0 N–H and O–H groups in total. The van der Waals surface area contributed by atoms with Gasteiger partial charge in [-0.25, -0.2) is 0 Å². The van der Waals surface area contributed by atoms with E-state index in [1.807, 2.05) is 30.3 Å². The zero-order valence-corrected chi connectivity index (χ0v) is 9.88. The molecule has 7 nitrogen and oxygen atoms in total. The number of benzene rings is 1. The predicted octanol–water partition coefficient (Wildman–Crippen LogP) is 3.44. The quantitative estimate of drug-likeness (QED) is 0.391. The second kappa shape index (κ2) is 8.90. The van der Waals surface area contributed by atoms with Crippen LogP contribution in [0.5, 0.6) is 0 Å². The molecule has 7 heteroatoms. The van der Waals surface area contributed by atoms with Crippen molar-refractivity contribution >= 4 is 0 Å². The van der Waals surface area contributed by atoms with E-state index in [2.05, 4.69) is 20.1 Å². The van der Waals surface area contributed by atoms with Crippen LogP contribution in [0.4, 0.5) is 0 Å². The Hall–Kier alpha value is -2.20. The zero-order chi connectivity index (χ0) is 13.1. The third kappa shape index (κ3) is 5.77. The van der Waals surface area contributed by atoms with Gasteiger partial charge in [0.25, 0.3) is 0 Å². The Morgan fingerprint density at radius 1 is 1.06 bits per heavy atom. The van der Waals surface area contributed by atoms with Crippen molar-refractivity contribution in [2.45, 2.75) is 6.61 Å². The largest absolute Gasteiger partial charge is 0.376 e. The second-order valence-corrected chi connectivity index (χ2v) is 3.69. The maximum Gasteiger partial charge on any atom is 0.0717 e. The average molecular weight is 246 g/mol. The van der Waals surface area contributed by atoms with Gasteiger partial charge in [0.2, 0.25) is 0 Å². The van der Waals surface area contributed by atoms with Crippen LogP contribution in [0.25, 0.3) is 20.9 Å². The average Bonchev–Trinajstić information content (AvgIpc) is 2.42. The minimum absolute atomic E-state index is 0.0829. The van der Waals surface area contributed by atoms with Crippen LogP contribution >= 0.6 is 0 Å². The van der Waals surface area contributed by atoms with Crippen molar-refractivity contribution < 1.29 is 4.74 Å². The fourth-order valence-corrected chi connectivity index (χ4v) is 1.38. The topological polar surface area (TPSA) is 107 Å². The number of ether oxygens (including phenoxy) is 1. The summed E-state index contributed by atoms with van der Waals surface area (Å²) in [5.41, 5.74) is 17.6. The normalized spacial score (nSPS) is 11.1. The Labute approximate surface area is 105 Å². The van der Waals surface area contributed by atoms with E-state index in [0.29, 0.717) is 13.2 Å². The summed E-state index contributed by atoms with van der Waals surface area (Å²) < 4.78 is 5.51. The van der Waals surface area contributed by atoms with E-state index >= 15 is 0 Å². The lowest BCUT2D eigenvalue weighted by Gasteiger charge is -2.12. The van der Waals surface area contributed by atoms with E-state index in [1.54, 1.807) is 0 Å². The summed E-state index contributed by atoms with van der Waals surface area (Å²) in [6.07, 6.45) is 0. The first kappa shape index (κ1) is 13.9. The van der Waals surface area contributed by atoms with Gasteiger partial charge in [0.05, 0.1) is 13.2 Å². The third-order valence-corrected chi connectivity index (χ3v) is 2.27. The highest BCUT2D eigenvalue weighted by molar-refractivity contribution is 5.13. The van der Waals surface area contributed by atoms with Crippen LogP contribution in [0.1, 0.15) is 5.56 Å². The molecule has 18 heavy (non-hydrogen) atoms. The van der Waals surface area contributed by atoms with Crippen LogP contribution < -0.4 is 0 Å². The number of azide groups is 2. The molecular weight excluding hydrogens is 232 g/mol. The Bertz CT molecular complexity index is 416. The standard InChI is InChI=1S/C11H14N6O/c12-16-14-6-11(7-15-17-13)9-18-8-10-4-2-1-3-5-10/h1-5,11H,6-9H2. The molecule has 0 aliphatic heterocycles. The minimum atomic E-state index is -0.0829. The lowest BCUT2D eigenvalue weighted by Crippen LogP contribution is -2.15. The molecule has 1 rings (SSSR count). The molecule has 0 bridgehead atoms. The fourth-order valence-electron chi connectivity index (χ4n) is 1.38. The summed E-state index contributed by atoms with van der Waals surface area (Å²) >= 11 is 0. The lowest BCUT2D eigenvalue weighted by molar-refractivity contribution is 0.0916. The molecule has 1 aromatic carbocycles. The molecule has 0 amide bonds. The van der Waals surface area contributed by atoms with E-state index in [1.165, 1.54) is 0 Å². The second-order valence-electron chi connectivity index (χ2n) is 3.69. The highest BCUT2D eigenvalue weighted by atomic mass is 16.5. The predicted molar refractivity (Wildman–Crippen MR) is 67.6 cm³/mol. The molecular formula is C11H14N6O. The van der Waals surface area contributed by atoms with Crippen molar-refractivity contribution in [2.75, 3.05) is 19.7 Å². The maximum atomic E-state index is 8.26. The summed E-state index contributed by atoms with van der Waals surface area (Å²) in [6, 6.07) is 9.76. The number of rotatable bonds is 8.